The van der Waals surface area contributed by atoms with Crippen molar-refractivity contribution >= 4 is 11.6 Å². The van der Waals surface area contributed by atoms with Crippen LogP contribution < -0.4 is 21.3 Å². The molecule has 1 atom stereocenters. The van der Waals surface area contributed by atoms with Crippen molar-refractivity contribution in [1.82, 2.24) is 19.0 Å². The average molecular weight is 604 g/mol. The molecule has 2 aromatic carbocycles. The summed E-state index contributed by atoms with van der Waals surface area (Å²) >= 11 is 0. The fourth-order valence-electron chi connectivity index (χ4n) is 6.18. The van der Waals surface area contributed by atoms with Gasteiger partial charge in [0.25, 0.3) is 11.5 Å². The summed E-state index contributed by atoms with van der Waals surface area (Å²) < 4.78 is 39.2. The van der Waals surface area contributed by atoms with Gasteiger partial charge in [0.15, 0.2) is 0 Å². The highest BCUT2D eigenvalue weighted by molar-refractivity contribution is 6.04. The Morgan fingerprint density at radius 1 is 1.11 bits per heavy atom. The molecule has 4 aromatic rings. The summed E-state index contributed by atoms with van der Waals surface area (Å²) in [5.74, 6) is -2.01. The second-order valence-electron chi connectivity index (χ2n) is 11.3. The van der Waals surface area contributed by atoms with E-state index < -0.39 is 28.8 Å². The Morgan fingerprint density at radius 3 is 2.57 bits per heavy atom. The summed E-state index contributed by atoms with van der Waals surface area (Å²) in [6.45, 7) is 2.76. The van der Waals surface area contributed by atoms with Crippen LogP contribution in [0.4, 0.5) is 14.5 Å². The molecule has 0 unspecified atom stereocenters. The van der Waals surface area contributed by atoms with Crippen molar-refractivity contribution in [2.24, 2.45) is 14.1 Å². The Bertz CT molecular complexity index is 1950. The fourth-order valence-corrected chi connectivity index (χ4v) is 6.18. The number of nitrogens with zero attached hydrogens (tertiary/aromatic N) is 4. The van der Waals surface area contributed by atoms with E-state index in [2.05, 4.69) is 15.2 Å². The van der Waals surface area contributed by atoms with Crippen molar-refractivity contribution in [2.75, 3.05) is 25.5 Å². The Balaban J connectivity index is 1.37. The number of likely N-dealkylation sites (tertiary alicyclic amines) is 1. The Kier molecular flexibility index (Phi) is 7.42. The third-order valence-electron chi connectivity index (χ3n) is 8.56. The number of pyridine rings is 1. The van der Waals surface area contributed by atoms with Crippen LogP contribution in [-0.4, -0.2) is 56.3 Å². The quantitative estimate of drug-likeness (QED) is 0.347. The molecule has 2 N–H and O–H groups in total. The number of halogens is 2. The Labute approximate surface area is 251 Å². The molecule has 1 amide bonds. The van der Waals surface area contributed by atoms with Gasteiger partial charge in [0.05, 0.1) is 24.5 Å². The van der Waals surface area contributed by atoms with Gasteiger partial charge in [0.2, 0.25) is 5.88 Å². The van der Waals surface area contributed by atoms with Gasteiger partial charge >= 0.3 is 5.69 Å². The molecule has 0 radical (unpaired) electrons. The summed E-state index contributed by atoms with van der Waals surface area (Å²) in [6, 6.07) is 9.04. The van der Waals surface area contributed by atoms with E-state index in [9.17, 15) is 19.5 Å². The van der Waals surface area contributed by atoms with Crippen molar-refractivity contribution in [3.8, 4) is 28.3 Å². The van der Waals surface area contributed by atoms with Crippen molar-refractivity contribution < 1.29 is 23.4 Å². The number of amides is 1. The highest BCUT2D eigenvalue weighted by Crippen LogP contribution is 2.45. The van der Waals surface area contributed by atoms with E-state index in [1.165, 1.54) is 33.3 Å². The molecule has 1 saturated heterocycles. The minimum Gasteiger partial charge on any atom is -0.481 e. The number of carbonyl (C=O) groups excluding carboxylic acids is 1. The SMILES string of the molecule is COc1nc(-c2ccc(F)c(-c3cccc(NC(=O)c4cn(C)c(=O)n(C)c4=O)c3C)c2F)cc2c1[C@H](N1CC(O)C1)CC2. The standard InChI is InChI=1S/C32H31F2N5O5/c1-16-19(6-5-7-23(16)35-29(41)21-15-37(2)32(43)38(3)31(21)42)27-22(33)10-9-20(28(27)34)24-12-17-8-11-25(39-13-18(40)14-39)26(17)30(36-24)44-4/h5-7,9-10,12,15,18,25,40H,8,11,13-14H2,1-4H3,(H,35,41)/t25-/m1/s1. The van der Waals surface area contributed by atoms with E-state index in [1.54, 1.807) is 25.1 Å². The second kappa shape index (κ2) is 11.1. The highest BCUT2D eigenvalue weighted by Gasteiger charge is 2.38. The maximum Gasteiger partial charge on any atom is 0.330 e. The number of β-amino-alcohol motifs (C(OH)–C–C–N with tert-alkyl or cyclic N) is 1. The van der Waals surface area contributed by atoms with Crippen LogP contribution in [0.5, 0.6) is 5.88 Å². The molecule has 1 fully saturated rings. The van der Waals surface area contributed by atoms with E-state index in [-0.39, 0.29) is 40.1 Å². The number of anilines is 1. The van der Waals surface area contributed by atoms with Gasteiger partial charge in [-0.1, -0.05) is 12.1 Å². The number of aryl methyl sites for hydroxylation is 2. The third kappa shape index (κ3) is 4.80. The summed E-state index contributed by atoms with van der Waals surface area (Å²) in [5.41, 5.74) is 1.21. The first-order chi connectivity index (χ1) is 21.0. The minimum absolute atomic E-state index is 0.0556. The maximum absolute atomic E-state index is 16.3. The Morgan fingerprint density at radius 2 is 1.86 bits per heavy atom. The number of hydrogen-bond acceptors (Lipinski definition) is 7. The normalized spacial score (nSPS) is 16.5. The number of aromatic nitrogens is 3. The summed E-state index contributed by atoms with van der Waals surface area (Å²) in [5, 5.41) is 12.4. The molecule has 10 nitrogen and oxygen atoms in total. The van der Waals surface area contributed by atoms with Crippen LogP contribution >= 0.6 is 0 Å². The average Bonchev–Trinajstić information content (AvgIpc) is 3.41. The van der Waals surface area contributed by atoms with Crippen LogP contribution in [0.2, 0.25) is 0 Å². The van der Waals surface area contributed by atoms with Gasteiger partial charge in [0.1, 0.15) is 17.2 Å². The van der Waals surface area contributed by atoms with Crippen LogP contribution in [0.25, 0.3) is 22.4 Å². The number of methoxy groups -OCH3 is 1. The predicted molar refractivity (Wildman–Crippen MR) is 160 cm³/mol. The molecular weight excluding hydrogens is 572 g/mol. The number of fused-ring (bicyclic) bond motifs is 1. The largest absolute Gasteiger partial charge is 0.481 e. The topological polar surface area (TPSA) is 119 Å². The lowest BCUT2D eigenvalue weighted by Gasteiger charge is -2.40. The smallest absolute Gasteiger partial charge is 0.330 e. The molecule has 0 spiro atoms. The molecule has 0 bridgehead atoms. The van der Waals surface area contributed by atoms with E-state index >= 15 is 8.78 Å². The van der Waals surface area contributed by atoms with Crippen LogP contribution in [0.3, 0.4) is 0 Å². The van der Waals surface area contributed by atoms with E-state index in [1.807, 2.05) is 6.07 Å². The van der Waals surface area contributed by atoms with Gasteiger partial charge in [0, 0.05) is 56.2 Å². The molecule has 44 heavy (non-hydrogen) atoms. The zero-order valence-electron chi connectivity index (χ0n) is 24.6. The lowest BCUT2D eigenvalue weighted by atomic mass is 9.94. The molecule has 1 aliphatic carbocycles. The van der Waals surface area contributed by atoms with Crippen LogP contribution in [-0.2, 0) is 20.5 Å². The Hall–Kier alpha value is -4.68. The summed E-state index contributed by atoms with van der Waals surface area (Å²) in [7, 11) is 4.20. The predicted octanol–water partition coefficient (Wildman–Crippen LogP) is 3.32. The lowest BCUT2D eigenvalue weighted by Crippen LogP contribution is -2.51. The maximum atomic E-state index is 16.3. The van der Waals surface area contributed by atoms with Crippen LogP contribution in [0, 0.1) is 18.6 Å². The zero-order chi connectivity index (χ0) is 31.4. The fraction of sp³-hybridized carbons (Fsp3) is 0.312. The van der Waals surface area contributed by atoms with Crippen molar-refractivity contribution in [3.05, 3.63) is 97.3 Å². The summed E-state index contributed by atoms with van der Waals surface area (Å²) in [4.78, 5) is 44.5. The second-order valence-corrected chi connectivity index (χ2v) is 11.3. The van der Waals surface area contributed by atoms with Gasteiger partial charge in [-0.05, 0) is 60.7 Å². The minimum atomic E-state index is -0.821. The van der Waals surface area contributed by atoms with Crippen LogP contribution in [0.15, 0.2) is 52.2 Å². The van der Waals surface area contributed by atoms with E-state index in [0.29, 0.717) is 30.2 Å². The zero-order valence-corrected chi connectivity index (χ0v) is 24.6. The molecule has 2 aromatic heterocycles. The number of carbonyl (C=O) groups is 1. The first kappa shape index (κ1) is 29.4. The number of benzene rings is 2. The molecule has 6 rings (SSSR count). The van der Waals surface area contributed by atoms with Crippen molar-refractivity contribution in [2.45, 2.75) is 31.9 Å². The highest BCUT2D eigenvalue weighted by atomic mass is 19.1. The van der Waals surface area contributed by atoms with Gasteiger partial charge < -0.3 is 19.7 Å². The molecule has 1 aliphatic heterocycles. The molecule has 3 heterocycles. The van der Waals surface area contributed by atoms with E-state index in [0.717, 1.165) is 39.3 Å². The van der Waals surface area contributed by atoms with Gasteiger partial charge in [-0.3, -0.25) is 19.1 Å². The number of rotatable bonds is 6. The van der Waals surface area contributed by atoms with Crippen molar-refractivity contribution in [3.63, 3.8) is 0 Å². The monoisotopic (exact) mass is 603 g/mol. The molecular formula is C32H31F2N5O5. The third-order valence-corrected chi connectivity index (χ3v) is 8.56. The molecule has 12 heteroatoms. The first-order valence-electron chi connectivity index (χ1n) is 14.2. The van der Waals surface area contributed by atoms with Crippen LogP contribution in [0.1, 0.15) is 39.5 Å². The lowest BCUT2D eigenvalue weighted by molar-refractivity contribution is -0.0256. The molecule has 228 valence electrons. The number of nitrogens with one attached hydrogen (secondary N) is 1. The van der Waals surface area contributed by atoms with Crippen molar-refractivity contribution in [1.29, 1.82) is 0 Å². The number of ether oxygens (including phenoxy) is 1. The number of aliphatic hydroxyl groups is 1. The molecule has 0 saturated carbocycles. The number of hydrogen-bond donors (Lipinski definition) is 2. The van der Waals surface area contributed by atoms with Gasteiger partial charge in [-0.25, -0.2) is 18.6 Å². The molecule has 2 aliphatic rings. The van der Waals surface area contributed by atoms with Gasteiger partial charge in [-0.15, -0.1) is 0 Å². The first-order valence-corrected chi connectivity index (χ1v) is 14.2. The van der Waals surface area contributed by atoms with E-state index in [4.69, 9.17) is 4.74 Å². The number of aliphatic hydroxyl groups excluding tert-OH is 1. The van der Waals surface area contributed by atoms with Gasteiger partial charge in [-0.2, -0.15) is 0 Å². The summed E-state index contributed by atoms with van der Waals surface area (Å²) in [6.07, 6.45) is 2.35.